The Morgan fingerprint density at radius 2 is 1.71 bits per heavy atom. The molecule has 3 aromatic carbocycles. The van der Waals surface area contributed by atoms with Gasteiger partial charge >= 0.3 is 0 Å². The number of fused-ring (bicyclic) bond motifs is 3. The second-order valence-electron chi connectivity index (χ2n) is 7.93. The Kier molecular flexibility index (Phi) is 7.32. The maximum absolute atomic E-state index is 11.5. The molecule has 1 heterocycles. The molecular weight excluding hydrogens is 522 g/mol. The predicted octanol–water partition coefficient (Wildman–Crippen LogP) is 4.17. The Labute approximate surface area is 206 Å². The summed E-state index contributed by atoms with van der Waals surface area (Å²) in [7, 11) is -1.77. The van der Waals surface area contributed by atoms with Crippen LogP contribution in [0.5, 0.6) is 11.5 Å². The van der Waals surface area contributed by atoms with Crippen molar-refractivity contribution in [1.82, 2.24) is 10.3 Å². The van der Waals surface area contributed by atoms with E-state index in [1.54, 1.807) is 25.3 Å². The first kappa shape index (κ1) is 24.3. The highest BCUT2D eigenvalue weighted by molar-refractivity contribution is 9.10. The van der Waals surface area contributed by atoms with E-state index in [1.807, 2.05) is 36.4 Å². The Morgan fingerprint density at radius 1 is 1.03 bits per heavy atom. The van der Waals surface area contributed by atoms with Crippen molar-refractivity contribution in [1.29, 1.82) is 0 Å². The van der Waals surface area contributed by atoms with Gasteiger partial charge in [0.25, 0.3) is 0 Å². The fourth-order valence-corrected chi connectivity index (χ4v) is 4.76. The lowest BCUT2D eigenvalue weighted by Gasteiger charge is -2.15. The van der Waals surface area contributed by atoms with Crippen molar-refractivity contribution in [2.45, 2.75) is 6.10 Å². The zero-order valence-electron chi connectivity index (χ0n) is 18.8. The number of sulfonamides is 1. The van der Waals surface area contributed by atoms with Gasteiger partial charge in [0, 0.05) is 40.5 Å². The average Bonchev–Trinajstić information content (AvgIpc) is 3.16. The summed E-state index contributed by atoms with van der Waals surface area (Å²) in [5.74, 6) is 1.55. The Balaban J connectivity index is 1.30. The SMILES string of the molecule is COc1ccc2c(c1)[nH]c1cc(OCCNC[C@@H](O)c3ccc(Br)c(NS(C)(=O)=O)c3)ccc12. The average molecular weight is 548 g/mol. The maximum Gasteiger partial charge on any atom is 0.229 e. The smallest absolute Gasteiger partial charge is 0.229 e. The lowest BCUT2D eigenvalue weighted by Crippen LogP contribution is -2.26. The summed E-state index contributed by atoms with van der Waals surface area (Å²) in [6.07, 6.45) is 0.282. The second-order valence-corrected chi connectivity index (χ2v) is 10.5. The van der Waals surface area contributed by atoms with Gasteiger partial charge in [0.15, 0.2) is 0 Å². The molecule has 4 N–H and O–H groups in total. The van der Waals surface area contributed by atoms with Gasteiger partial charge in [0.05, 0.1) is 36.2 Å². The molecular formula is C24H26BrN3O5S. The van der Waals surface area contributed by atoms with Crippen molar-refractivity contribution in [3.05, 3.63) is 64.6 Å². The molecule has 0 amide bonds. The number of anilines is 1. The van der Waals surface area contributed by atoms with Gasteiger partial charge in [0.1, 0.15) is 18.1 Å². The van der Waals surface area contributed by atoms with Gasteiger partial charge in [-0.1, -0.05) is 6.07 Å². The fourth-order valence-electron chi connectivity index (χ4n) is 3.71. The van der Waals surface area contributed by atoms with E-state index in [1.165, 1.54) is 0 Å². The van der Waals surface area contributed by atoms with E-state index in [-0.39, 0.29) is 0 Å². The van der Waals surface area contributed by atoms with E-state index in [0.29, 0.717) is 35.4 Å². The number of ether oxygens (including phenoxy) is 2. The first-order valence-electron chi connectivity index (χ1n) is 10.6. The Bertz CT molecular complexity index is 1420. The molecule has 8 nitrogen and oxygen atoms in total. The molecule has 0 saturated heterocycles. The third kappa shape index (κ3) is 5.82. The van der Waals surface area contributed by atoms with Crippen molar-refractivity contribution in [2.24, 2.45) is 0 Å². The van der Waals surface area contributed by atoms with Crippen LogP contribution in [0, 0.1) is 0 Å². The normalized spacial score (nSPS) is 12.7. The van der Waals surface area contributed by atoms with Gasteiger partial charge in [-0.25, -0.2) is 8.42 Å². The van der Waals surface area contributed by atoms with Gasteiger partial charge in [-0.05, 0) is 57.9 Å². The molecule has 4 aromatic rings. The third-order valence-electron chi connectivity index (χ3n) is 5.33. The number of halogens is 1. The van der Waals surface area contributed by atoms with Crippen LogP contribution in [0.15, 0.2) is 59.1 Å². The zero-order valence-corrected chi connectivity index (χ0v) is 21.2. The molecule has 0 bridgehead atoms. The molecule has 0 aliphatic heterocycles. The van der Waals surface area contributed by atoms with Gasteiger partial charge in [-0.15, -0.1) is 0 Å². The van der Waals surface area contributed by atoms with Crippen LogP contribution in [-0.4, -0.2) is 51.6 Å². The summed E-state index contributed by atoms with van der Waals surface area (Å²) in [6.45, 7) is 1.25. The first-order valence-corrected chi connectivity index (χ1v) is 13.3. The number of rotatable bonds is 10. The summed E-state index contributed by atoms with van der Waals surface area (Å²) < 4.78 is 37.2. The van der Waals surface area contributed by atoms with E-state index < -0.39 is 16.1 Å². The van der Waals surface area contributed by atoms with Gasteiger partial charge < -0.3 is 24.9 Å². The minimum Gasteiger partial charge on any atom is -0.497 e. The third-order valence-corrected chi connectivity index (χ3v) is 6.62. The number of aromatic nitrogens is 1. The molecule has 0 aliphatic rings. The molecule has 4 rings (SSSR count). The quantitative estimate of drug-likeness (QED) is 0.222. The Hall–Kier alpha value is -2.79. The number of H-pyrrole nitrogens is 1. The molecule has 0 aliphatic carbocycles. The number of aliphatic hydroxyl groups excluding tert-OH is 1. The van der Waals surface area contributed by atoms with Crippen molar-refractivity contribution >= 4 is 53.4 Å². The van der Waals surface area contributed by atoms with E-state index in [2.05, 4.69) is 31.0 Å². The summed E-state index contributed by atoms with van der Waals surface area (Å²) in [4.78, 5) is 3.40. The first-order chi connectivity index (χ1) is 16.2. The van der Waals surface area contributed by atoms with Gasteiger partial charge in [-0.3, -0.25) is 4.72 Å². The molecule has 34 heavy (non-hydrogen) atoms. The highest BCUT2D eigenvalue weighted by atomic mass is 79.9. The second kappa shape index (κ2) is 10.2. The molecule has 0 fully saturated rings. The topological polar surface area (TPSA) is 113 Å². The number of methoxy groups -OCH3 is 1. The maximum atomic E-state index is 11.5. The number of aliphatic hydroxyl groups is 1. The molecule has 180 valence electrons. The zero-order chi connectivity index (χ0) is 24.3. The summed E-state index contributed by atoms with van der Waals surface area (Å²) in [5, 5.41) is 15.9. The fraction of sp³-hybridized carbons (Fsp3) is 0.250. The number of hydrogen-bond acceptors (Lipinski definition) is 6. The highest BCUT2D eigenvalue weighted by Gasteiger charge is 2.12. The van der Waals surface area contributed by atoms with Crippen molar-refractivity contribution in [3.8, 4) is 11.5 Å². The van der Waals surface area contributed by atoms with E-state index in [4.69, 9.17) is 9.47 Å². The van der Waals surface area contributed by atoms with E-state index in [9.17, 15) is 13.5 Å². The van der Waals surface area contributed by atoms with Crippen LogP contribution in [0.2, 0.25) is 0 Å². The molecule has 0 saturated carbocycles. The van der Waals surface area contributed by atoms with Crippen LogP contribution in [-0.2, 0) is 10.0 Å². The van der Waals surface area contributed by atoms with Crippen LogP contribution >= 0.6 is 15.9 Å². The van der Waals surface area contributed by atoms with Crippen LogP contribution in [0.3, 0.4) is 0 Å². The minimum absolute atomic E-state index is 0.298. The largest absolute Gasteiger partial charge is 0.497 e. The number of hydrogen-bond donors (Lipinski definition) is 4. The molecule has 1 aromatic heterocycles. The van der Waals surface area contributed by atoms with Crippen LogP contribution in [0.4, 0.5) is 5.69 Å². The number of aromatic amines is 1. The van der Waals surface area contributed by atoms with Crippen LogP contribution < -0.4 is 19.5 Å². The van der Waals surface area contributed by atoms with Crippen molar-refractivity contribution in [3.63, 3.8) is 0 Å². The van der Waals surface area contributed by atoms with E-state index in [0.717, 1.165) is 39.6 Å². The minimum atomic E-state index is -3.42. The molecule has 0 radical (unpaired) electrons. The number of benzene rings is 3. The van der Waals surface area contributed by atoms with E-state index >= 15 is 0 Å². The van der Waals surface area contributed by atoms with Crippen molar-refractivity contribution in [2.75, 3.05) is 37.8 Å². The Morgan fingerprint density at radius 3 is 2.38 bits per heavy atom. The molecule has 10 heteroatoms. The molecule has 0 unspecified atom stereocenters. The lowest BCUT2D eigenvalue weighted by molar-refractivity contribution is 0.172. The summed E-state index contributed by atoms with van der Waals surface area (Å²) >= 11 is 3.31. The predicted molar refractivity (Wildman–Crippen MR) is 138 cm³/mol. The molecule has 0 spiro atoms. The summed E-state index contributed by atoms with van der Waals surface area (Å²) in [6, 6.07) is 16.9. The monoisotopic (exact) mass is 547 g/mol. The van der Waals surface area contributed by atoms with Gasteiger partial charge in [-0.2, -0.15) is 0 Å². The van der Waals surface area contributed by atoms with Gasteiger partial charge in [0.2, 0.25) is 10.0 Å². The summed E-state index contributed by atoms with van der Waals surface area (Å²) in [5.41, 5.74) is 2.97. The number of nitrogens with one attached hydrogen (secondary N) is 3. The highest BCUT2D eigenvalue weighted by Crippen LogP contribution is 2.30. The van der Waals surface area contributed by atoms with Crippen LogP contribution in [0.25, 0.3) is 21.8 Å². The lowest BCUT2D eigenvalue weighted by atomic mass is 10.1. The standard InChI is InChI=1S/C24H26BrN3O5S/c1-32-16-4-6-18-19-7-5-17(13-22(19)27-21(18)12-16)33-10-9-26-14-24(29)15-3-8-20(25)23(11-15)28-34(2,30)31/h3-8,11-13,24,26-29H,9-10,14H2,1-2H3/t24-/m1/s1. The van der Waals surface area contributed by atoms with Crippen LogP contribution in [0.1, 0.15) is 11.7 Å². The van der Waals surface area contributed by atoms with Crippen molar-refractivity contribution < 1.29 is 23.0 Å². The molecule has 1 atom stereocenters.